The topological polar surface area (TPSA) is 87.2 Å². The molecule has 1 aliphatic heterocycles. The van der Waals surface area contributed by atoms with Crippen molar-refractivity contribution in [3.63, 3.8) is 0 Å². The fourth-order valence-electron chi connectivity index (χ4n) is 3.50. The Morgan fingerprint density at radius 1 is 1.09 bits per heavy atom. The maximum Gasteiger partial charge on any atom is 0.321 e. The zero-order chi connectivity index (χ0) is 22.8. The van der Waals surface area contributed by atoms with Crippen LogP contribution in [-0.4, -0.2) is 56.8 Å². The number of halogens is 1. The minimum atomic E-state index is -0.0889. The first kappa shape index (κ1) is 26.6. The molecular weight excluding hydrogens is 533 g/mol. The number of guanidine groups is 1. The summed E-state index contributed by atoms with van der Waals surface area (Å²) in [6.07, 6.45) is 2.06. The van der Waals surface area contributed by atoms with E-state index in [2.05, 4.69) is 20.9 Å². The van der Waals surface area contributed by atoms with Gasteiger partial charge in [-0.3, -0.25) is 4.99 Å². The van der Waals surface area contributed by atoms with Gasteiger partial charge in [0.2, 0.25) is 0 Å². The number of anilines is 1. The molecule has 33 heavy (non-hydrogen) atoms. The van der Waals surface area contributed by atoms with Crippen molar-refractivity contribution in [2.45, 2.75) is 32.4 Å². The van der Waals surface area contributed by atoms with Crippen LogP contribution in [0.4, 0.5) is 10.5 Å². The van der Waals surface area contributed by atoms with Crippen molar-refractivity contribution in [2.24, 2.45) is 4.99 Å². The number of likely N-dealkylation sites (tertiary alicyclic amines) is 1. The highest BCUT2D eigenvalue weighted by atomic mass is 127. The van der Waals surface area contributed by atoms with Crippen LogP contribution in [0.1, 0.15) is 25.3 Å². The molecule has 1 aliphatic rings. The third-order valence-corrected chi connectivity index (χ3v) is 5.21. The Balaban J connectivity index is 0.00000385. The van der Waals surface area contributed by atoms with Crippen LogP contribution in [0.15, 0.2) is 53.5 Å². The molecule has 180 valence electrons. The molecular formula is C24H34IN5O3. The molecule has 2 aromatic carbocycles. The summed E-state index contributed by atoms with van der Waals surface area (Å²) >= 11 is 0. The number of ether oxygens (including phenoxy) is 2. The van der Waals surface area contributed by atoms with E-state index < -0.39 is 0 Å². The molecule has 1 heterocycles. The van der Waals surface area contributed by atoms with Gasteiger partial charge < -0.3 is 30.3 Å². The zero-order valence-electron chi connectivity index (χ0n) is 19.5. The predicted molar refractivity (Wildman–Crippen MR) is 143 cm³/mol. The standard InChI is InChI=1S/C24H33N5O3.HI/c1-18(32-22-12-5-4-11-21(22)31-3)16-26-23(25-2)27-17-19-9-8-10-20(15-19)28-24(30)29-13-6-7-14-29;/h4-5,8-12,15,18H,6-7,13-14,16-17H2,1-3H3,(H,28,30)(H2,25,26,27);1H. The molecule has 0 aromatic heterocycles. The predicted octanol–water partition coefficient (Wildman–Crippen LogP) is 4.07. The van der Waals surface area contributed by atoms with Crippen LogP contribution < -0.4 is 25.4 Å². The molecule has 0 spiro atoms. The number of aliphatic imine (C=N–C) groups is 1. The zero-order valence-corrected chi connectivity index (χ0v) is 21.8. The fourth-order valence-corrected chi connectivity index (χ4v) is 3.50. The summed E-state index contributed by atoms with van der Waals surface area (Å²) in [6, 6.07) is 15.4. The van der Waals surface area contributed by atoms with Crippen molar-refractivity contribution >= 4 is 41.7 Å². The molecule has 8 nitrogen and oxygen atoms in total. The van der Waals surface area contributed by atoms with Gasteiger partial charge in [0.1, 0.15) is 6.10 Å². The number of rotatable bonds is 8. The number of amides is 2. The molecule has 2 aromatic rings. The molecule has 0 bridgehead atoms. The molecule has 2 amide bonds. The smallest absolute Gasteiger partial charge is 0.321 e. The Bertz CT molecular complexity index is 918. The van der Waals surface area contributed by atoms with E-state index in [9.17, 15) is 4.79 Å². The minimum Gasteiger partial charge on any atom is -0.493 e. The van der Waals surface area contributed by atoms with Crippen LogP contribution >= 0.6 is 24.0 Å². The Labute approximate surface area is 213 Å². The Hall–Kier alpha value is -2.69. The van der Waals surface area contributed by atoms with Gasteiger partial charge in [-0.15, -0.1) is 24.0 Å². The van der Waals surface area contributed by atoms with Gasteiger partial charge in [-0.2, -0.15) is 0 Å². The van der Waals surface area contributed by atoms with Crippen molar-refractivity contribution in [3.8, 4) is 11.5 Å². The van der Waals surface area contributed by atoms with E-state index in [0.717, 1.165) is 37.2 Å². The summed E-state index contributed by atoms with van der Waals surface area (Å²) in [5.41, 5.74) is 1.84. The largest absolute Gasteiger partial charge is 0.493 e. The average Bonchev–Trinajstić information content (AvgIpc) is 3.35. The van der Waals surface area contributed by atoms with Crippen LogP contribution in [0.25, 0.3) is 0 Å². The van der Waals surface area contributed by atoms with Crippen molar-refractivity contribution in [3.05, 3.63) is 54.1 Å². The number of para-hydroxylation sites is 2. The highest BCUT2D eigenvalue weighted by molar-refractivity contribution is 14.0. The highest BCUT2D eigenvalue weighted by Gasteiger charge is 2.17. The maximum absolute atomic E-state index is 12.3. The summed E-state index contributed by atoms with van der Waals surface area (Å²) in [6.45, 7) is 4.79. The second kappa shape index (κ2) is 13.8. The van der Waals surface area contributed by atoms with Gasteiger partial charge in [0.15, 0.2) is 17.5 Å². The van der Waals surface area contributed by atoms with Gasteiger partial charge in [0.25, 0.3) is 0 Å². The third-order valence-electron chi connectivity index (χ3n) is 5.21. The van der Waals surface area contributed by atoms with E-state index >= 15 is 0 Å². The summed E-state index contributed by atoms with van der Waals surface area (Å²) in [5, 5.41) is 9.56. The molecule has 1 unspecified atom stereocenters. The molecule has 3 rings (SSSR count). The summed E-state index contributed by atoms with van der Waals surface area (Å²) < 4.78 is 11.3. The van der Waals surface area contributed by atoms with Gasteiger partial charge in [-0.1, -0.05) is 24.3 Å². The molecule has 3 N–H and O–H groups in total. The second-order valence-corrected chi connectivity index (χ2v) is 7.71. The SMILES string of the molecule is CN=C(NCc1cccc(NC(=O)N2CCCC2)c1)NCC(C)Oc1ccccc1OC.I. The summed E-state index contributed by atoms with van der Waals surface area (Å²) in [4.78, 5) is 18.4. The lowest BCUT2D eigenvalue weighted by Crippen LogP contribution is -2.41. The van der Waals surface area contributed by atoms with Gasteiger partial charge in [-0.05, 0) is 49.6 Å². The van der Waals surface area contributed by atoms with Gasteiger partial charge >= 0.3 is 6.03 Å². The Morgan fingerprint density at radius 2 is 1.82 bits per heavy atom. The quantitative estimate of drug-likeness (QED) is 0.255. The number of urea groups is 1. The third kappa shape index (κ3) is 8.30. The molecule has 0 saturated carbocycles. The van der Waals surface area contributed by atoms with Gasteiger partial charge in [0.05, 0.1) is 13.7 Å². The van der Waals surface area contributed by atoms with E-state index in [0.29, 0.717) is 30.5 Å². The minimum absolute atomic E-state index is 0. The van der Waals surface area contributed by atoms with Crippen LogP contribution in [0.3, 0.4) is 0 Å². The lowest BCUT2D eigenvalue weighted by atomic mass is 10.2. The van der Waals surface area contributed by atoms with Crippen molar-refractivity contribution < 1.29 is 14.3 Å². The Kier molecular flexibility index (Phi) is 11.1. The summed E-state index contributed by atoms with van der Waals surface area (Å²) in [7, 11) is 3.36. The highest BCUT2D eigenvalue weighted by Crippen LogP contribution is 2.26. The first-order valence-corrected chi connectivity index (χ1v) is 11.0. The molecule has 1 fully saturated rings. The lowest BCUT2D eigenvalue weighted by molar-refractivity contribution is 0.213. The number of hydrogen-bond donors (Lipinski definition) is 3. The van der Waals surface area contributed by atoms with E-state index in [1.54, 1.807) is 14.2 Å². The second-order valence-electron chi connectivity index (χ2n) is 7.71. The number of methoxy groups -OCH3 is 1. The first-order valence-electron chi connectivity index (χ1n) is 11.0. The molecule has 0 aliphatic carbocycles. The Morgan fingerprint density at radius 3 is 2.52 bits per heavy atom. The van der Waals surface area contributed by atoms with Crippen LogP contribution in [-0.2, 0) is 6.54 Å². The first-order chi connectivity index (χ1) is 15.6. The lowest BCUT2D eigenvalue weighted by Gasteiger charge is -2.19. The van der Waals surface area contributed by atoms with Gasteiger partial charge in [0, 0.05) is 32.4 Å². The molecule has 9 heteroatoms. The van der Waals surface area contributed by atoms with E-state index in [1.807, 2.05) is 60.4 Å². The summed E-state index contributed by atoms with van der Waals surface area (Å²) in [5.74, 6) is 2.09. The molecule has 0 radical (unpaired) electrons. The maximum atomic E-state index is 12.3. The number of nitrogens with zero attached hydrogens (tertiary/aromatic N) is 2. The van der Waals surface area contributed by atoms with Crippen molar-refractivity contribution in [2.75, 3.05) is 39.1 Å². The molecule has 1 saturated heterocycles. The van der Waals surface area contributed by atoms with Gasteiger partial charge in [-0.25, -0.2) is 4.79 Å². The monoisotopic (exact) mass is 567 g/mol. The normalized spacial score (nSPS) is 14.2. The fraction of sp³-hybridized carbons (Fsp3) is 0.417. The number of carbonyl (C=O) groups excluding carboxylic acids is 1. The van der Waals surface area contributed by atoms with Crippen LogP contribution in [0.5, 0.6) is 11.5 Å². The van der Waals surface area contributed by atoms with Crippen molar-refractivity contribution in [1.82, 2.24) is 15.5 Å². The van der Waals surface area contributed by atoms with E-state index in [1.165, 1.54) is 0 Å². The average molecular weight is 567 g/mol. The number of hydrogen-bond acceptors (Lipinski definition) is 4. The van der Waals surface area contributed by atoms with Crippen LogP contribution in [0, 0.1) is 0 Å². The number of nitrogens with one attached hydrogen (secondary N) is 3. The van der Waals surface area contributed by atoms with E-state index in [-0.39, 0.29) is 36.1 Å². The van der Waals surface area contributed by atoms with Crippen LogP contribution in [0.2, 0.25) is 0 Å². The van der Waals surface area contributed by atoms with E-state index in [4.69, 9.17) is 9.47 Å². The number of carbonyl (C=O) groups is 1. The van der Waals surface area contributed by atoms with Crippen molar-refractivity contribution in [1.29, 1.82) is 0 Å². The molecule has 1 atom stereocenters. The number of benzene rings is 2.